The Morgan fingerprint density at radius 1 is 1.11 bits per heavy atom. The van der Waals surface area contributed by atoms with Crippen LogP contribution in [0.1, 0.15) is 60.1 Å². The van der Waals surface area contributed by atoms with Crippen LogP contribution in [-0.2, 0) is 6.18 Å². The molecule has 1 fully saturated rings. The van der Waals surface area contributed by atoms with Crippen LogP contribution >= 0.6 is 11.6 Å². The average Bonchev–Trinajstić information content (AvgIpc) is 2.68. The molecule has 0 radical (unpaired) electrons. The van der Waals surface area contributed by atoms with E-state index in [9.17, 15) is 18.0 Å². The van der Waals surface area contributed by atoms with Crippen molar-refractivity contribution in [3.63, 3.8) is 0 Å². The Balaban J connectivity index is 1.53. The van der Waals surface area contributed by atoms with Gasteiger partial charge >= 0.3 is 6.18 Å². The molecule has 3 nitrogen and oxygen atoms in total. The summed E-state index contributed by atoms with van der Waals surface area (Å²) in [5.74, 6) is 0.429. The highest BCUT2D eigenvalue weighted by Gasteiger charge is 2.33. The van der Waals surface area contributed by atoms with Crippen molar-refractivity contribution in [2.75, 3.05) is 0 Å². The molecular weight excluding hydrogens is 389 g/mol. The summed E-state index contributed by atoms with van der Waals surface area (Å²) < 4.78 is 37.9. The molecule has 1 amide bonds. The van der Waals surface area contributed by atoms with Crippen molar-refractivity contribution >= 4 is 17.5 Å². The van der Waals surface area contributed by atoms with E-state index >= 15 is 0 Å². The van der Waals surface area contributed by atoms with Gasteiger partial charge in [0.1, 0.15) is 5.69 Å². The SMILES string of the molecule is CC(NC(=O)c1ccc(Cl)cc1)C1CCC(c2ccc(C(F)(F)F)nc2)CC1. The zero-order valence-electron chi connectivity index (χ0n) is 15.5. The third-order valence-corrected chi connectivity index (χ3v) is 5.74. The summed E-state index contributed by atoms with van der Waals surface area (Å²) in [4.78, 5) is 15.9. The number of halogens is 4. The lowest BCUT2D eigenvalue weighted by Gasteiger charge is -2.32. The summed E-state index contributed by atoms with van der Waals surface area (Å²) in [7, 11) is 0. The molecular formula is C21H22ClF3N2O. The quantitative estimate of drug-likeness (QED) is 0.687. The molecule has 1 saturated carbocycles. The molecule has 1 atom stereocenters. The topological polar surface area (TPSA) is 42.0 Å². The number of rotatable bonds is 4. The van der Waals surface area contributed by atoms with E-state index in [4.69, 9.17) is 11.6 Å². The number of hydrogen-bond donors (Lipinski definition) is 1. The standard InChI is InChI=1S/C21H22ClF3N2O/c1-13(27-20(28)16-6-9-18(22)10-7-16)14-2-4-15(5-3-14)17-8-11-19(26-12-17)21(23,24)25/h6-15H,2-5H2,1H3,(H,27,28). The van der Waals surface area contributed by atoms with E-state index in [0.717, 1.165) is 37.3 Å². The molecule has 0 saturated heterocycles. The van der Waals surface area contributed by atoms with Gasteiger partial charge in [-0.1, -0.05) is 17.7 Å². The van der Waals surface area contributed by atoms with Gasteiger partial charge in [0.25, 0.3) is 5.91 Å². The summed E-state index contributed by atoms with van der Waals surface area (Å²) in [6.45, 7) is 2.00. The number of alkyl halides is 3. The van der Waals surface area contributed by atoms with Crippen LogP contribution in [0.5, 0.6) is 0 Å². The Morgan fingerprint density at radius 2 is 1.75 bits per heavy atom. The van der Waals surface area contributed by atoms with Crippen molar-refractivity contribution in [3.8, 4) is 0 Å². The number of pyridine rings is 1. The number of nitrogens with one attached hydrogen (secondary N) is 1. The van der Waals surface area contributed by atoms with Crippen molar-refractivity contribution in [2.45, 2.75) is 50.7 Å². The Hall–Kier alpha value is -2.08. The number of amides is 1. The molecule has 7 heteroatoms. The fourth-order valence-electron chi connectivity index (χ4n) is 3.78. The van der Waals surface area contributed by atoms with Crippen molar-refractivity contribution < 1.29 is 18.0 Å². The zero-order chi connectivity index (χ0) is 20.3. The molecule has 0 bridgehead atoms. The van der Waals surface area contributed by atoms with Gasteiger partial charge in [0.05, 0.1) is 0 Å². The summed E-state index contributed by atoms with van der Waals surface area (Å²) >= 11 is 5.85. The number of carbonyl (C=O) groups is 1. The van der Waals surface area contributed by atoms with E-state index in [2.05, 4.69) is 10.3 Å². The van der Waals surface area contributed by atoms with Gasteiger partial charge in [-0.25, -0.2) is 0 Å². The molecule has 3 rings (SSSR count). The average molecular weight is 411 g/mol. The van der Waals surface area contributed by atoms with Crippen LogP contribution in [0.2, 0.25) is 5.02 Å². The fourth-order valence-corrected chi connectivity index (χ4v) is 3.90. The first kappa shape index (κ1) is 20.6. The number of carbonyl (C=O) groups excluding carboxylic acids is 1. The van der Waals surface area contributed by atoms with Crippen molar-refractivity contribution in [2.24, 2.45) is 5.92 Å². The number of nitrogens with zero attached hydrogens (tertiary/aromatic N) is 1. The molecule has 1 aliphatic carbocycles. The smallest absolute Gasteiger partial charge is 0.349 e. The Kier molecular flexibility index (Phi) is 6.28. The second-order valence-corrected chi connectivity index (χ2v) is 7.79. The molecule has 28 heavy (non-hydrogen) atoms. The molecule has 0 spiro atoms. The van der Waals surface area contributed by atoms with Crippen LogP contribution < -0.4 is 5.32 Å². The number of hydrogen-bond acceptors (Lipinski definition) is 2. The predicted octanol–water partition coefficient (Wildman–Crippen LogP) is 5.85. The maximum Gasteiger partial charge on any atom is 0.433 e. The molecule has 1 unspecified atom stereocenters. The van der Waals surface area contributed by atoms with Gasteiger partial charge in [-0.05, 0) is 80.3 Å². The van der Waals surface area contributed by atoms with Gasteiger partial charge < -0.3 is 5.32 Å². The van der Waals surface area contributed by atoms with E-state index in [1.807, 2.05) is 6.92 Å². The Bertz CT molecular complexity index is 798. The van der Waals surface area contributed by atoms with Crippen molar-refractivity contribution in [1.82, 2.24) is 10.3 Å². The van der Waals surface area contributed by atoms with Gasteiger partial charge in [-0.15, -0.1) is 0 Å². The minimum atomic E-state index is -4.41. The van der Waals surface area contributed by atoms with Crippen LogP contribution in [0.25, 0.3) is 0 Å². The van der Waals surface area contributed by atoms with Crippen LogP contribution in [0.3, 0.4) is 0 Å². The maximum absolute atomic E-state index is 12.6. The minimum absolute atomic E-state index is 0.0230. The zero-order valence-corrected chi connectivity index (χ0v) is 16.2. The molecule has 150 valence electrons. The molecule has 2 aromatic rings. The second kappa shape index (κ2) is 8.52. The lowest BCUT2D eigenvalue weighted by Crippen LogP contribution is -2.39. The van der Waals surface area contributed by atoms with Crippen LogP contribution in [-0.4, -0.2) is 16.9 Å². The molecule has 1 heterocycles. The van der Waals surface area contributed by atoms with E-state index in [-0.39, 0.29) is 17.9 Å². The third kappa shape index (κ3) is 5.04. The van der Waals surface area contributed by atoms with E-state index in [1.54, 1.807) is 24.3 Å². The van der Waals surface area contributed by atoms with E-state index in [1.165, 1.54) is 12.3 Å². The first-order valence-electron chi connectivity index (χ1n) is 9.33. The van der Waals surface area contributed by atoms with E-state index in [0.29, 0.717) is 16.5 Å². The first-order chi connectivity index (χ1) is 13.2. The third-order valence-electron chi connectivity index (χ3n) is 5.49. The first-order valence-corrected chi connectivity index (χ1v) is 9.71. The Labute approximate surface area is 167 Å². The Morgan fingerprint density at radius 3 is 2.29 bits per heavy atom. The summed E-state index contributed by atoms with van der Waals surface area (Å²) in [6.07, 6.45) is 0.507. The number of benzene rings is 1. The monoisotopic (exact) mass is 410 g/mol. The lowest BCUT2D eigenvalue weighted by molar-refractivity contribution is -0.141. The van der Waals surface area contributed by atoms with E-state index < -0.39 is 11.9 Å². The minimum Gasteiger partial charge on any atom is -0.349 e. The maximum atomic E-state index is 12.6. The summed E-state index contributed by atoms with van der Waals surface area (Å²) in [6, 6.07) is 9.37. The van der Waals surface area contributed by atoms with Crippen LogP contribution in [0.4, 0.5) is 13.2 Å². The molecule has 0 aliphatic heterocycles. The predicted molar refractivity (Wildman–Crippen MR) is 102 cm³/mol. The van der Waals surface area contributed by atoms with Crippen molar-refractivity contribution in [1.29, 1.82) is 0 Å². The fraction of sp³-hybridized carbons (Fsp3) is 0.429. The highest BCUT2D eigenvalue weighted by atomic mass is 35.5. The normalized spacial score (nSPS) is 21.2. The second-order valence-electron chi connectivity index (χ2n) is 7.36. The summed E-state index contributed by atoms with van der Waals surface area (Å²) in [5, 5.41) is 3.63. The largest absolute Gasteiger partial charge is 0.433 e. The van der Waals surface area contributed by atoms with Gasteiger partial charge in [0.15, 0.2) is 0 Å². The molecule has 1 N–H and O–H groups in total. The molecule has 1 aliphatic rings. The highest BCUT2D eigenvalue weighted by molar-refractivity contribution is 6.30. The van der Waals surface area contributed by atoms with Gasteiger partial charge in [-0.2, -0.15) is 13.2 Å². The van der Waals surface area contributed by atoms with Gasteiger partial charge in [0, 0.05) is 22.8 Å². The van der Waals surface area contributed by atoms with Crippen LogP contribution in [0.15, 0.2) is 42.6 Å². The summed E-state index contributed by atoms with van der Waals surface area (Å²) in [5.41, 5.74) is 0.563. The molecule has 1 aromatic heterocycles. The van der Waals surface area contributed by atoms with Crippen LogP contribution in [0, 0.1) is 5.92 Å². The highest BCUT2D eigenvalue weighted by Crippen LogP contribution is 2.37. The molecule has 1 aromatic carbocycles. The number of aromatic nitrogens is 1. The van der Waals surface area contributed by atoms with Gasteiger partial charge in [-0.3, -0.25) is 9.78 Å². The lowest BCUT2D eigenvalue weighted by atomic mass is 9.76. The van der Waals surface area contributed by atoms with Crippen molar-refractivity contribution in [3.05, 3.63) is 64.4 Å². The van der Waals surface area contributed by atoms with Gasteiger partial charge in [0.2, 0.25) is 0 Å².